The van der Waals surface area contributed by atoms with Gasteiger partial charge in [-0.3, -0.25) is 14.6 Å². The molecule has 1 atom stereocenters. The first-order chi connectivity index (χ1) is 12.5. The zero-order valence-corrected chi connectivity index (χ0v) is 14.5. The van der Waals surface area contributed by atoms with Crippen molar-refractivity contribution in [3.8, 4) is 11.5 Å². The highest BCUT2D eigenvalue weighted by Crippen LogP contribution is 2.36. The minimum Gasteiger partial charge on any atom is -0.493 e. The van der Waals surface area contributed by atoms with Crippen LogP contribution in [0.15, 0.2) is 47.8 Å². The van der Waals surface area contributed by atoms with Crippen molar-refractivity contribution in [1.29, 1.82) is 0 Å². The molecule has 0 aliphatic carbocycles. The molecule has 1 amide bonds. The smallest absolute Gasteiger partial charge is 0.308 e. The van der Waals surface area contributed by atoms with E-state index in [4.69, 9.17) is 14.2 Å². The van der Waals surface area contributed by atoms with Crippen molar-refractivity contribution < 1.29 is 23.8 Å². The second kappa shape index (κ2) is 7.22. The number of esters is 1. The molecule has 2 aromatic rings. The lowest BCUT2D eigenvalue weighted by atomic mass is 10.2. The number of rotatable bonds is 4. The Balaban J connectivity index is 2.03. The Bertz CT molecular complexity index is 866. The van der Waals surface area contributed by atoms with Gasteiger partial charge >= 0.3 is 5.97 Å². The molecule has 0 saturated heterocycles. The summed E-state index contributed by atoms with van der Waals surface area (Å²) in [5.41, 5.74) is 1.12. The van der Waals surface area contributed by atoms with Gasteiger partial charge in [0.1, 0.15) is 0 Å². The predicted molar refractivity (Wildman–Crippen MR) is 91.4 cm³/mol. The summed E-state index contributed by atoms with van der Waals surface area (Å²) < 4.78 is 16.4. The van der Waals surface area contributed by atoms with Crippen molar-refractivity contribution in [2.45, 2.75) is 20.1 Å². The molecule has 26 heavy (non-hydrogen) atoms. The zero-order valence-electron chi connectivity index (χ0n) is 14.5. The average Bonchev–Trinajstić information content (AvgIpc) is 3.07. The van der Waals surface area contributed by atoms with E-state index in [9.17, 15) is 9.59 Å². The van der Waals surface area contributed by atoms with E-state index in [2.05, 4.69) is 10.1 Å². The van der Waals surface area contributed by atoms with Gasteiger partial charge in [0.05, 0.1) is 12.7 Å². The fourth-order valence-electron chi connectivity index (χ4n) is 2.51. The third-order valence-corrected chi connectivity index (χ3v) is 3.63. The van der Waals surface area contributed by atoms with Crippen molar-refractivity contribution >= 4 is 17.8 Å². The molecule has 8 heteroatoms. The number of para-hydroxylation sites is 1. The van der Waals surface area contributed by atoms with Crippen LogP contribution in [0.2, 0.25) is 0 Å². The van der Waals surface area contributed by atoms with Crippen LogP contribution < -0.4 is 9.47 Å². The van der Waals surface area contributed by atoms with Crippen LogP contribution in [0.5, 0.6) is 11.5 Å². The molecular weight excluding hydrogens is 338 g/mol. The van der Waals surface area contributed by atoms with Gasteiger partial charge in [0.25, 0.3) is 0 Å². The first-order valence-electron chi connectivity index (χ1n) is 7.82. The minimum absolute atomic E-state index is 0.150. The van der Waals surface area contributed by atoms with Gasteiger partial charge in [0.2, 0.25) is 18.0 Å². The normalized spacial score (nSPS) is 15.9. The lowest BCUT2D eigenvalue weighted by Crippen LogP contribution is -2.25. The fraction of sp³-hybridized carbons (Fsp3) is 0.222. The number of carbonyl (C=O) groups excluding carboxylic acids is 2. The molecule has 0 saturated carbocycles. The maximum absolute atomic E-state index is 12.0. The average molecular weight is 355 g/mol. The second-order valence-corrected chi connectivity index (χ2v) is 5.45. The van der Waals surface area contributed by atoms with Crippen LogP contribution in [0.3, 0.4) is 0 Å². The molecule has 8 nitrogen and oxygen atoms in total. The first kappa shape index (κ1) is 17.4. The van der Waals surface area contributed by atoms with E-state index in [0.29, 0.717) is 16.9 Å². The van der Waals surface area contributed by atoms with Crippen LogP contribution in [0.4, 0.5) is 0 Å². The lowest BCUT2D eigenvalue weighted by molar-refractivity contribution is -0.135. The molecule has 0 spiro atoms. The Morgan fingerprint density at radius 2 is 1.88 bits per heavy atom. The number of aromatic nitrogens is 1. The highest BCUT2D eigenvalue weighted by molar-refractivity contribution is 6.00. The van der Waals surface area contributed by atoms with Gasteiger partial charge in [0, 0.05) is 31.8 Å². The molecule has 1 aromatic heterocycles. The number of ether oxygens (including phenoxy) is 3. The minimum atomic E-state index is -0.734. The standard InChI is InChI=1S/C18H17N3O5/c1-11(22)21-18(13-7-9-19-10-8-13)26-17(20-21)14-5-4-6-15(24-3)16(14)25-12(2)23/h4-10,18H,1-3H3/t18-/m1/s1. The maximum Gasteiger partial charge on any atom is 0.308 e. The van der Waals surface area contributed by atoms with Crippen LogP contribution in [0, 0.1) is 0 Å². The molecule has 2 heterocycles. The van der Waals surface area contributed by atoms with E-state index in [1.807, 2.05) is 0 Å². The second-order valence-electron chi connectivity index (χ2n) is 5.45. The molecule has 134 valence electrons. The summed E-state index contributed by atoms with van der Waals surface area (Å²) in [5, 5.41) is 5.49. The summed E-state index contributed by atoms with van der Waals surface area (Å²) in [5.74, 6) is -0.120. The van der Waals surface area contributed by atoms with Crippen molar-refractivity contribution in [3.05, 3.63) is 53.9 Å². The number of hydrogen-bond donors (Lipinski definition) is 0. The number of amides is 1. The van der Waals surface area contributed by atoms with Gasteiger partial charge in [-0.15, -0.1) is 5.10 Å². The predicted octanol–water partition coefficient (Wildman–Crippen LogP) is 2.25. The van der Waals surface area contributed by atoms with Gasteiger partial charge in [-0.1, -0.05) is 6.07 Å². The van der Waals surface area contributed by atoms with Gasteiger partial charge in [0.15, 0.2) is 11.5 Å². The van der Waals surface area contributed by atoms with E-state index in [-0.39, 0.29) is 17.6 Å². The maximum atomic E-state index is 12.0. The quantitative estimate of drug-likeness (QED) is 0.617. The van der Waals surface area contributed by atoms with Crippen LogP contribution in [-0.2, 0) is 14.3 Å². The van der Waals surface area contributed by atoms with Gasteiger partial charge in [-0.05, 0) is 24.3 Å². The molecule has 0 radical (unpaired) electrons. The summed E-state index contributed by atoms with van der Waals surface area (Å²) in [6, 6.07) is 8.51. The number of pyridine rings is 1. The van der Waals surface area contributed by atoms with Gasteiger partial charge in [-0.25, -0.2) is 0 Å². The van der Waals surface area contributed by atoms with Crippen molar-refractivity contribution in [2.24, 2.45) is 5.10 Å². The van der Waals surface area contributed by atoms with Crippen LogP contribution in [0.25, 0.3) is 0 Å². The summed E-state index contributed by atoms with van der Waals surface area (Å²) >= 11 is 0. The fourth-order valence-corrected chi connectivity index (χ4v) is 2.51. The number of hydrogen-bond acceptors (Lipinski definition) is 7. The van der Waals surface area contributed by atoms with Crippen LogP contribution >= 0.6 is 0 Å². The molecule has 0 bridgehead atoms. The molecule has 3 rings (SSSR count). The Kier molecular flexibility index (Phi) is 4.83. The number of benzene rings is 1. The third kappa shape index (κ3) is 3.34. The van der Waals surface area contributed by atoms with Crippen LogP contribution in [0.1, 0.15) is 31.2 Å². The molecule has 1 aliphatic rings. The highest BCUT2D eigenvalue weighted by atomic mass is 16.6. The van der Waals surface area contributed by atoms with E-state index in [0.717, 1.165) is 0 Å². The molecule has 1 aromatic carbocycles. The number of methoxy groups -OCH3 is 1. The van der Waals surface area contributed by atoms with E-state index in [1.165, 1.54) is 26.0 Å². The first-order valence-corrected chi connectivity index (χ1v) is 7.82. The molecular formula is C18H17N3O5. The summed E-state index contributed by atoms with van der Waals surface area (Å²) in [6.45, 7) is 2.68. The van der Waals surface area contributed by atoms with E-state index >= 15 is 0 Å². The largest absolute Gasteiger partial charge is 0.493 e. The molecule has 1 aliphatic heterocycles. The van der Waals surface area contributed by atoms with Crippen molar-refractivity contribution in [1.82, 2.24) is 9.99 Å². The Labute approximate surface area is 150 Å². The Hall–Kier alpha value is -3.42. The molecule has 0 unspecified atom stereocenters. The van der Waals surface area contributed by atoms with Gasteiger partial charge < -0.3 is 14.2 Å². The zero-order chi connectivity index (χ0) is 18.7. The third-order valence-electron chi connectivity index (χ3n) is 3.63. The van der Waals surface area contributed by atoms with Crippen LogP contribution in [-0.4, -0.2) is 34.9 Å². The monoisotopic (exact) mass is 355 g/mol. The number of hydrazone groups is 1. The van der Waals surface area contributed by atoms with Crippen molar-refractivity contribution in [2.75, 3.05) is 7.11 Å². The molecule has 0 fully saturated rings. The Morgan fingerprint density at radius 3 is 2.50 bits per heavy atom. The number of carbonyl (C=O) groups is 2. The topological polar surface area (TPSA) is 90.3 Å². The lowest BCUT2D eigenvalue weighted by Gasteiger charge is -2.19. The van der Waals surface area contributed by atoms with E-state index in [1.54, 1.807) is 42.7 Å². The van der Waals surface area contributed by atoms with Gasteiger partial charge in [-0.2, -0.15) is 5.01 Å². The molecule has 0 N–H and O–H groups in total. The SMILES string of the molecule is COc1cccc(C2=NN(C(C)=O)[C@@H](c3ccncc3)O2)c1OC(C)=O. The van der Waals surface area contributed by atoms with Crippen molar-refractivity contribution in [3.63, 3.8) is 0 Å². The summed E-state index contributed by atoms with van der Waals surface area (Å²) in [6.07, 6.45) is 2.47. The highest BCUT2D eigenvalue weighted by Gasteiger charge is 2.34. The number of nitrogens with zero attached hydrogens (tertiary/aromatic N) is 3. The Morgan fingerprint density at radius 1 is 1.15 bits per heavy atom. The summed E-state index contributed by atoms with van der Waals surface area (Å²) in [4.78, 5) is 27.4. The van der Waals surface area contributed by atoms with E-state index < -0.39 is 12.2 Å². The summed E-state index contributed by atoms with van der Waals surface area (Å²) in [7, 11) is 1.46.